The molecule has 3 nitrogen and oxygen atoms in total. The number of nitrogens with one attached hydrogen (secondary N) is 1. The predicted molar refractivity (Wildman–Crippen MR) is 78.9 cm³/mol. The Morgan fingerprint density at radius 1 is 1.37 bits per heavy atom. The number of hydrogen-bond donors (Lipinski definition) is 2. The fourth-order valence-corrected chi connectivity index (χ4v) is 2.52. The molecule has 0 saturated carbocycles. The van der Waals surface area contributed by atoms with Gasteiger partial charge in [-0.15, -0.1) is 11.6 Å². The van der Waals surface area contributed by atoms with Gasteiger partial charge in [-0.1, -0.05) is 32.8 Å². The molecule has 19 heavy (non-hydrogen) atoms. The van der Waals surface area contributed by atoms with Gasteiger partial charge in [0.1, 0.15) is 5.75 Å². The summed E-state index contributed by atoms with van der Waals surface area (Å²) < 4.78 is 0. The summed E-state index contributed by atoms with van der Waals surface area (Å²) in [6.45, 7) is 6.47. The van der Waals surface area contributed by atoms with Gasteiger partial charge in [0.15, 0.2) is 0 Å². The lowest BCUT2D eigenvalue weighted by Gasteiger charge is -2.19. The number of phenols is 1. The third-order valence-corrected chi connectivity index (χ3v) is 3.93. The van der Waals surface area contributed by atoms with Gasteiger partial charge < -0.3 is 10.4 Å². The highest BCUT2D eigenvalue weighted by atomic mass is 35.5. The molecule has 2 N–H and O–H groups in total. The van der Waals surface area contributed by atoms with Crippen LogP contribution in [0.4, 0.5) is 0 Å². The van der Waals surface area contributed by atoms with E-state index in [1.807, 2.05) is 6.92 Å². The number of amides is 1. The van der Waals surface area contributed by atoms with Crippen LogP contribution in [0.25, 0.3) is 0 Å². The lowest BCUT2D eigenvalue weighted by molar-refractivity contribution is 0.0949. The smallest absolute Gasteiger partial charge is 0.255 e. The second-order valence-corrected chi connectivity index (χ2v) is 5.38. The van der Waals surface area contributed by atoms with E-state index in [-0.39, 0.29) is 17.0 Å². The Kier molecular flexibility index (Phi) is 6.16. The van der Waals surface area contributed by atoms with Crippen LogP contribution in [0.3, 0.4) is 0 Å². The normalized spacial score (nSPS) is 12.5. The molecule has 1 rings (SSSR count). The molecule has 1 aromatic carbocycles. The van der Waals surface area contributed by atoms with Gasteiger partial charge in [-0.05, 0) is 30.5 Å². The Hall–Kier alpha value is -1.22. The molecule has 0 bridgehead atoms. The largest absolute Gasteiger partial charge is 0.507 e. The average Bonchev–Trinajstić information content (AvgIpc) is 2.37. The van der Waals surface area contributed by atoms with E-state index >= 15 is 0 Å². The highest BCUT2D eigenvalue weighted by Crippen LogP contribution is 2.20. The van der Waals surface area contributed by atoms with Crippen LogP contribution in [0.2, 0.25) is 0 Å². The number of aromatic hydroxyl groups is 1. The molecule has 0 heterocycles. The zero-order chi connectivity index (χ0) is 14.4. The maximum Gasteiger partial charge on any atom is 0.255 e. The summed E-state index contributed by atoms with van der Waals surface area (Å²) in [5.74, 6) is 0.119. The standard InChI is InChI=1S/C15H22ClNO2/c1-4-11(5-2)13(16)9-17-15(19)12-7-6-10(3)8-14(12)18/h6-8,11,13,18H,4-5,9H2,1-3H3,(H,17,19). The van der Waals surface area contributed by atoms with Crippen LogP contribution < -0.4 is 5.32 Å². The maximum atomic E-state index is 12.0. The number of alkyl halides is 1. The molecule has 0 saturated heterocycles. The lowest BCUT2D eigenvalue weighted by atomic mass is 9.99. The van der Waals surface area contributed by atoms with Gasteiger partial charge in [0.2, 0.25) is 0 Å². The van der Waals surface area contributed by atoms with E-state index in [2.05, 4.69) is 19.2 Å². The first kappa shape index (κ1) is 15.8. The Morgan fingerprint density at radius 2 is 2.00 bits per heavy atom. The average molecular weight is 284 g/mol. The second kappa shape index (κ2) is 7.39. The first-order valence-corrected chi connectivity index (χ1v) is 7.15. The summed E-state index contributed by atoms with van der Waals surface area (Å²) in [6, 6.07) is 5.00. The van der Waals surface area contributed by atoms with Crippen LogP contribution in [0.1, 0.15) is 42.6 Å². The van der Waals surface area contributed by atoms with Gasteiger partial charge in [0.05, 0.1) is 10.9 Å². The second-order valence-electron chi connectivity index (χ2n) is 4.82. The van der Waals surface area contributed by atoms with Crippen molar-refractivity contribution in [2.24, 2.45) is 5.92 Å². The van der Waals surface area contributed by atoms with Crippen molar-refractivity contribution in [3.8, 4) is 5.75 Å². The van der Waals surface area contributed by atoms with Gasteiger partial charge >= 0.3 is 0 Å². The minimum Gasteiger partial charge on any atom is -0.507 e. The van der Waals surface area contributed by atoms with E-state index < -0.39 is 0 Å². The van der Waals surface area contributed by atoms with Crippen LogP contribution in [0.5, 0.6) is 5.75 Å². The van der Waals surface area contributed by atoms with E-state index in [1.165, 1.54) is 0 Å². The fourth-order valence-electron chi connectivity index (χ4n) is 2.09. The summed E-state index contributed by atoms with van der Waals surface area (Å²) >= 11 is 6.27. The molecule has 1 aromatic rings. The van der Waals surface area contributed by atoms with Crippen molar-refractivity contribution in [3.05, 3.63) is 29.3 Å². The minimum absolute atomic E-state index is 0.00570. The van der Waals surface area contributed by atoms with E-state index in [4.69, 9.17) is 11.6 Å². The monoisotopic (exact) mass is 283 g/mol. The number of carbonyl (C=O) groups excluding carboxylic acids is 1. The molecule has 0 aliphatic carbocycles. The van der Waals surface area contributed by atoms with Gasteiger partial charge in [-0.2, -0.15) is 0 Å². The summed E-state index contributed by atoms with van der Waals surface area (Å²) in [4.78, 5) is 12.0. The zero-order valence-corrected chi connectivity index (χ0v) is 12.5. The van der Waals surface area contributed by atoms with Crippen LogP contribution in [0, 0.1) is 12.8 Å². The summed E-state index contributed by atoms with van der Waals surface area (Å²) in [5.41, 5.74) is 1.21. The van der Waals surface area contributed by atoms with E-state index in [1.54, 1.807) is 18.2 Å². The van der Waals surface area contributed by atoms with Crippen molar-refractivity contribution in [3.63, 3.8) is 0 Å². The molecule has 4 heteroatoms. The van der Waals surface area contributed by atoms with Crippen LogP contribution >= 0.6 is 11.6 Å². The zero-order valence-electron chi connectivity index (χ0n) is 11.7. The molecule has 1 amide bonds. The summed E-state index contributed by atoms with van der Waals surface area (Å²) in [7, 11) is 0. The fraction of sp³-hybridized carbons (Fsp3) is 0.533. The highest BCUT2D eigenvalue weighted by molar-refractivity contribution is 6.21. The van der Waals surface area contributed by atoms with E-state index in [0.717, 1.165) is 18.4 Å². The third-order valence-electron chi connectivity index (χ3n) is 3.42. The van der Waals surface area contributed by atoms with Gasteiger partial charge in [0, 0.05) is 6.54 Å². The molecule has 0 fully saturated rings. The molecule has 106 valence electrons. The first-order chi connectivity index (χ1) is 8.99. The first-order valence-electron chi connectivity index (χ1n) is 6.71. The summed E-state index contributed by atoms with van der Waals surface area (Å²) in [6.07, 6.45) is 1.99. The van der Waals surface area contributed by atoms with Crippen LogP contribution in [0.15, 0.2) is 18.2 Å². The molecular formula is C15H22ClNO2. The third kappa shape index (κ3) is 4.43. The quantitative estimate of drug-likeness (QED) is 0.786. The maximum absolute atomic E-state index is 12.0. The van der Waals surface area contributed by atoms with Crippen molar-refractivity contribution < 1.29 is 9.90 Å². The van der Waals surface area contributed by atoms with Crippen molar-refractivity contribution in [1.82, 2.24) is 5.32 Å². The minimum atomic E-state index is -0.283. The molecule has 0 radical (unpaired) electrons. The lowest BCUT2D eigenvalue weighted by Crippen LogP contribution is -2.33. The Morgan fingerprint density at radius 3 is 2.53 bits per heavy atom. The molecule has 0 aromatic heterocycles. The van der Waals surface area contributed by atoms with E-state index in [9.17, 15) is 9.90 Å². The van der Waals surface area contributed by atoms with Crippen LogP contribution in [-0.4, -0.2) is 22.9 Å². The van der Waals surface area contributed by atoms with Crippen molar-refractivity contribution in [2.75, 3.05) is 6.54 Å². The number of hydrogen-bond acceptors (Lipinski definition) is 2. The molecule has 0 aliphatic rings. The Labute approximate surface area is 120 Å². The van der Waals surface area contributed by atoms with Crippen LogP contribution in [-0.2, 0) is 0 Å². The molecule has 0 spiro atoms. The van der Waals surface area contributed by atoms with Crippen molar-refractivity contribution in [2.45, 2.75) is 39.0 Å². The highest BCUT2D eigenvalue weighted by Gasteiger charge is 2.18. The number of aryl methyl sites for hydroxylation is 1. The molecule has 1 atom stereocenters. The van der Waals surface area contributed by atoms with Gasteiger partial charge in [-0.25, -0.2) is 0 Å². The summed E-state index contributed by atoms with van der Waals surface area (Å²) in [5, 5.41) is 12.4. The van der Waals surface area contributed by atoms with Crippen molar-refractivity contribution >= 4 is 17.5 Å². The SMILES string of the molecule is CCC(CC)C(Cl)CNC(=O)c1ccc(C)cc1O. The van der Waals surface area contributed by atoms with Crippen molar-refractivity contribution in [1.29, 1.82) is 0 Å². The number of rotatable bonds is 6. The van der Waals surface area contributed by atoms with Gasteiger partial charge in [-0.3, -0.25) is 4.79 Å². The molecule has 1 unspecified atom stereocenters. The number of benzene rings is 1. The predicted octanol–water partition coefficient (Wildman–Crippen LogP) is 3.47. The molecular weight excluding hydrogens is 262 g/mol. The topological polar surface area (TPSA) is 49.3 Å². The molecule has 0 aliphatic heterocycles. The number of halogens is 1. The van der Waals surface area contributed by atoms with Gasteiger partial charge in [0.25, 0.3) is 5.91 Å². The Balaban J connectivity index is 2.60. The Bertz CT molecular complexity index is 430. The number of carbonyl (C=O) groups is 1. The number of phenolic OH excluding ortho intramolecular Hbond substituents is 1. The van der Waals surface area contributed by atoms with E-state index in [0.29, 0.717) is 18.0 Å².